The molecule has 4 saturated heterocycles. The number of likely N-dealkylation sites (tertiary alicyclic amines) is 4. The summed E-state index contributed by atoms with van der Waals surface area (Å²) in [4.78, 5) is 65.4. The van der Waals surface area contributed by atoms with Crippen LogP contribution in [0.3, 0.4) is 0 Å². The molecule has 0 radical (unpaired) electrons. The lowest BCUT2D eigenvalue weighted by Gasteiger charge is -2.44. The van der Waals surface area contributed by atoms with Gasteiger partial charge in [0, 0.05) is 126 Å². The number of esters is 2. The molecule has 0 spiro atoms. The van der Waals surface area contributed by atoms with Gasteiger partial charge in [-0.1, -0.05) is 169 Å². The maximum atomic E-state index is 14.4. The van der Waals surface area contributed by atoms with Crippen molar-refractivity contribution in [1.29, 1.82) is 0 Å². The monoisotopic (exact) mass is 1030 g/mol. The minimum Gasteiger partial charge on any atom is -0.451 e. The Bertz CT molecular complexity index is 2680. The molecule has 10 nitrogen and oxygen atoms in total. The largest absolute Gasteiger partial charge is 0.451 e. The molecule has 4 aliphatic rings. The zero-order valence-electron chi connectivity index (χ0n) is 42.0. The average Bonchev–Trinajstić information content (AvgIpc) is 3.85. The molecular weight excluding hydrogens is 968 g/mol. The highest BCUT2D eigenvalue weighted by atomic mass is 35.5. The van der Waals surface area contributed by atoms with Crippen molar-refractivity contribution in [3.05, 3.63) is 225 Å². The predicted molar refractivity (Wildman–Crippen MR) is 289 cm³/mol. The molecule has 6 aromatic carbocycles. The number of amides is 2. The van der Waals surface area contributed by atoms with E-state index in [2.05, 4.69) is 58.3 Å². The molecule has 4 heterocycles. The first kappa shape index (κ1) is 50.9. The van der Waals surface area contributed by atoms with E-state index >= 15 is 0 Å². The number of ether oxygens (including phenoxy) is 2. The van der Waals surface area contributed by atoms with Crippen LogP contribution in [-0.4, -0.2) is 110 Å². The van der Waals surface area contributed by atoms with Crippen molar-refractivity contribution in [3.8, 4) is 0 Å². The molecule has 380 valence electrons. The van der Waals surface area contributed by atoms with Crippen molar-refractivity contribution in [2.45, 2.75) is 47.7 Å². The first-order chi connectivity index (χ1) is 35.9. The molecule has 4 aliphatic heterocycles. The van der Waals surface area contributed by atoms with Crippen LogP contribution in [0.4, 0.5) is 0 Å². The van der Waals surface area contributed by atoms with E-state index in [1.165, 1.54) is 12.2 Å². The normalized spacial score (nSPS) is 21.5. The van der Waals surface area contributed by atoms with E-state index < -0.39 is 34.0 Å². The van der Waals surface area contributed by atoms with Crippen molar-refractivity contribution in [3.63, 3.8) is 0 Å². The molecule has 2 amide bonds. The van der Waals surface area contributed by atoms with Crippen molar-refractivity contribution in [2.75, 3.05) is 66.5 Å². The van der Waals surface area contributed by atoms with Crippen LogP contribution in [0.1, 0.15) is 59.1 Å². The summed E-state index contributed by atoms with van der Waals surface area (Å²) < 4.78 is 12.9. The van der Waals surface area contributed by atoms with Gasteiger partial charge in [-0.3, -0.25) is 9.59 Å². The van der Waals surface area contributed by atoms with Gasteiger partial charge in [0.25, 0.3) is 0 Å². The maximum Gasteiger partial charge on any atom is 0.331 e. The molecule has 0 aliphatic carbocycles. The lowest BCUT2D eigenvalue weighted by atomic mass is 9.67. The fraction of sp³-hybridized carbons (Fsp3) is 0.323. The summed E-state index contributed by atoms with van der Waals surface area (Å²) in [5.74, 6) is -1.26. The van der Waals surface area contributed by atoms with Crippen molar-refractivity contribution in [2.24, 2.45) is 11.8 Å². The van der Waals surface area contributed by atoms with E-state index in [1.807, 2.05) is 121 Å². The topological polar surface area (TPSA) is 99.7 Å². The first-order valence-electron chi connectivity index (χ1n) is 25.7. The Morgan fingerprint density at radius 3 is 1.03 bits per heavy atom. The summed E-state index contributed by atoms with van der Waals surface area (Å²) in [6.07, 6.45) is 4.28. The minimum atomic E-state index is -1.00. The van der Waals surface area contributed by atoms with Crippen molar-refractivity contribution < 1.29 is 28.7 Å². The van der Waals surface area contributed by atoms with Gasteiger partial charge >= 0.3 is 11.9 Å². The molecule has 4 fully saturated rings. The third-order valence-corrected chi connectivity index (χ3v) is 17.0. The fourth-order valence-electron chi connectivity index (χ4n) is 12.8. The van der Waals surface area contributed by atoms with Crippen LogP contribution in [0, 0.1) is 11.8 Å². The van der Waals surface area contributed by atoms with Crippen LogP contribution in [0.5, 0.6) is 0 Å². The minimum absolute atomic E-state index is 0.0496. The maximum absolute atomic E-state index is 14.4. The molecular formula is C62H62Cl2N4O6. The van der Waals surface area contributed by atoms with Gasteiger partial charge in [0.15, 0.2) is 0 Å². The average molecular weight is 1030 g/mol. The zero-order chi connectivity index (χ0) is 51.5. The van der Waals surface area contributed by atoms with Crippen LogP contribution in [0.15, 0.2) is 182 Å². The Morgan fingerprint density at radius 2 is 0.743 bits per heavy atom. The highest BCUT2D eigenvalue weighted by molar-refractivity contribution is 6.30. The Hall–Kier alpha value is -6.56. The smallest absolute Gasteiger partial charge is 0.331 e. The van der Waals surface area contributed by atoms with E-state index in [4.69, 9.17) is 32.7 Å². The first-order valence-corrected chi connectivity index (χ1v) is 26.5. The summed E-state index contributed by atoms with van der Waals surface area (Å²) >= 11 is 12.8. The number of carbonyl (C=O) groups is 4. The molecule has 0 aromatic heterocycles. The zero-order valence-corrected chi connectivity index (χ0v) is 43.5. The Morgan fingerprint density at radius 1 is 0.459 bits per heavy atom. The van der Waals surface area contributed by atoms with Crippen molar-refractivity contribution in [1.82, 2.24) is 19.6 Å². The summed E-state index contributed by atoms with van der Waals surface area (Å²) in [5.41, 5.74) is 1.81. The second-order valence-corrected chi connectivity index (χ2v) is 21.5. The van der Waals surface area contributed by atoms with E-state index in [0.29, 0.717) is 88.1 Å². The number of hydrogen-bond donors (Lipinski definition) is 0. The summed E-state index contributed by atoms with van der Waals surface area (Å²) in [5, 5.41) is 1.13. The van der Waals surface area contributed by atoms with Crippen LogP contribution < -0.4 is 0 Å². The molecule has 0 N–H and O–H groups in total. The molecule has 74 heavy (non-hydrogen) atoms. The Kier molecular flexibility index (Phi) is 14.7. The number of hydrogen-bond acceptors (Lipinski definition) is 8. The van der Waals surface area contributed by atoms with Gasteiger partial charge in [0.05, 0.1) is 0 Å². The number of benzene rings is 6. The number of piperidine rings is 2. The molecule has 2 atom stereocenters. The number of halogens is 2. The Labute approximate surface area is 444 Å². The summed E-state index contributed by atoms with van der Waals surface area (Å²) in [6.45, 7) is 4.91. The van der Waals surface area contributed by atoms with Gasteiger partial charge in [0.2, 0.25) is 11.8 Å². The van der Waals surface area contributed by atoms with Crippen LogP contribution in [0.2, 0.25) is 10.0 Å². The van der Waals surface area contributed by atoms with Crippen LogP contribution in [-0.2, 0) is 50.7 Å². The second-order valence-electron chi connectivity index (χ2n) is 20.6. The van der Waals surface area contributed by atoms with Crippen LogP contribution in [0.25, 0.3) is 0 Å². The quantitative estimate of drug-likeness (QED) is 0.0786. The van der Waals surface area contributed by atoms with E-state index in [-0.39, 0.29) is 23.7 Å². The van der Waals surface area contributed by atoms with E-state index in [0.717, 1.165) is 33.4 Å². The molecule has 6 aromatic rings. The van der Waals surface area contributed by atoms with Gasteiger partial charge < -0.3 is 29.1 Å². The highest BCUT2D eigenvalue weighted by Gasteiger charge is 2.57. The number of carbonyl (C=O) groups excluding carboxylic acids is 4. The second kappa shape index (κ2) is 21.4. The fourth-order valence-corrected chi connectivity index (χ4v) is 13.1. The van der Waals surface area contributed by atoms with E-state index in [1.54, 1.807) is 24.3 Å². The number of likely N-dealkylation sites (N-methyl/N-ethyl adjacent to an activating group) is 2. The molecule has 10 rings (SSSR count). The molecule has 12 heteroatoms. The van der Waals surface area contributed by atoms with Gasteiger partial charge in [-0.05, 0) is 57.6 Å². The van der Waals surface area contributed by atoms with Gasteiger partial charge in [0.1, 0.15) is 22.0 Å². The van der Waals surface area contributed by atoms with Gasteiger partial charge in [-0.2, -0.15) is 0 Å². The van der Waals surface area contributed by atoms with Gasteiger partial charge in [-0.15, -0.1) is 0 Å². The third-order valence-electron chi connectivity index (χ3n) is 16.5. The summed E-state index contributed by atoms with van der Waals surface area (Å²) in [6, 6.07) is 55.2. The molecule has 0 bridgehead atoms. The van der Waals surface area contributed by atoms with Gasteiger partial charge in [-0.25, -0.2) is 9.59 Å². The number of rotatable bonds is 14. The van der Waals surface area contributed by atoms with Crippen molar-refractivity contribution >= 4 is 47.0 Å². The third kappa shape index (κ3) is 9.58. The molecule has 2 unspecified atom stereocenters. The predicted octanol–water partition coefficient (Wildman–Crippen LogP) is 10.1. The molecule has 0 saturated carbocycles. The number of nitrogens with zero attached hydrogens (tertiary/aromatic N) is 4. The SMILES string of the molecule is CN1CC(CN2CCC(OC(=O)/C=C/C(=O)OC3(c4ccc(Cl)cc4)CCN(CC4CN(C)C(=O)C4(c4ccccc4)c4ccccc4)CC3)(c3ccc(Cl)cc3)CC2)C(c2ccccc2)(c2ccccc2)C1=O. The standard InChI is InChI=1S/C62H62Cl2N4O6/c1-65-41-51(61(57(65)71,47-15-7-3-8-16-47)48-17-9-4-10-18-48)43-67-37-33-59(34-38-67,45-23-27-53(63)28-24-45)73-55(69)31-32-56(70)74-60(46-25-29-54(64)30-26-46)35-39-68(40-36-60)44-52-42-66(2)58(72)62(52,49-19-11-5-12-20-49)50-21-13-6-14-22-50/h3-32,51-52H,33-44H2,1-2H3/b32-31+. The summed E-state index contributed by atoms with van der Waals surface area (Å²) in [7, 11) is 3.77. The highest BCUT2D eigenvalue weighted by Crippen LogP contribution is 2.49. The lowest BCUT2D eigenvalue weighted by molar-refractivity contribution is -0.163. The Balaban J connectivity index is 0.841. The van der Waals surface area contributed by atoms with Crippen LogP contribution >= 0.6 is 23.2 Å². The lowest BCUT2D eigenvalue weighted by Crippen LogP contribution is -2.50. The van der Waals surface area contributed by atoms with E-state index in [9.17, 15) is 19.2 Å².